The van der Waals surface area contributed by atoms with E-state index in [2.05, 4.69) is 106 Å². The number of esters is 3. The largest absolute Gasteiger partial charge is 0.462 e. The molecule has 0 amide bonds. The van der Waals surface area contributed by atoms with E-state index in [1.807, 2.05) is 0 Å². The Hall–Kier alpha value is -3.41. The van der Waals surface area contributed by atoms with Crippen LogP contribution in [0.2, 0.25) is 0 Å². The minimum Gasteiger partial charge on any atom is -0.462 e. The van der Waals surface area contributed by atoms with Gasteiger partial charge < -0.3 is 14.2 Å². The summed E-state index contributed by atoms with van der Waals surface area (Å²) in [6.07, 6.45) is 78.6. The van der Waals surface area contributed by atoms with Gasteiger partial charge in [0.05, 0.1) is 0 Å². The molecule has 0 aromatic heterocycles. The molecule has 0 saturated carbocycles. The van der Waals surface area contributed by atoms with Crippen molar-refractivity contribution in [1.29, 1.82) is 0 Å². The summed E-state index contributed by atoms with van der Waals surface area (Å²) in [5.41, 5.74) is 0. The highest BCUT2D eigenvalue weighted by Crippen LogP contribution is 2.16. The molecule has 0 aliphatic carbocycles. The van der Waals surface area contributed by atoms with Crippen molar-refractivity contribution in [3.8, 4) is 0 Å². The number of carbonyl (C=O) groups excluding carboxylic acids is 3. The molecule has 414 valence electrons. The van der Waals surface area contributed by atoms with Crippen molar-refractivity contribution in [3.05, 3.63) is 85.1 Å². The molecule has 0 bridgehead atoms. The van der Waals surface area contributed by atoms with Crippen LogP contribution >= 0.6 is 0 Å². The van der Waals surface area contributed by atoms with Crippen molar-refractivity contribution in [2.75, 3.05) is 13.2 Å². The van der Waals surface area contributed by atoms with Gasteiger partial charge in [0.1, 0.15) is 13.2 Å². The molecule has 0 rings (SSSR count). The van der Waals surface area contributed by atoms with Gasteiger partial charge in [-0.15, -0.1) is 0 Å². The number of unbranched alkanes of at least 4 members (excludes halogenated alkanes) is 30. The van der Waals surface area contributed by atoms with E-state index in [-0.39, 0.29) is 31.1 Å². The third-order valence-corrected chi connectivity index (χ3v) is 13.1. The highest BCUT2D eigenvalue weighted by Gasteiger charge is 2.19. The van der Waals surface area contributed by atoms with Gasteiger partial charge in [-0.3, -0.25) is 14.4 Å². The molecule has 6 nitrogen and oxygen atoms in total. The summed E-state index contributed by atoms with van der Waals surface area (Å²) in [5, 5.41) is 0. The Kier molecular flexibility index (Phi) is 57.3. The van der Waals surface area contributed by atoms with Crippen molar-refractivity contribution in [2.24, 2.45) is 0 Å². The summed E-state index contributed by atoms with van der Waals surface area (Å²) in [7, 11) is 0. The number of allylic oxidation sites excluding steroid dienone is 14. The lowest BCUT2D eigenvalue weighted by atomic mass is 10.0. The molecule has 1 unspecified atom stereocenters. The number of hydrogen-bond donors (Lipinski definition) is 0. The van der Waals surface area contributed by atoms with Crippen molar-refractivity contribution in [2.45, 2.75) is 303 Å². The van der Waals surface area contributed by atoms with Crippen LogP contribution in [0.4, 0.5) is 0 Å². The minimum atomic E-state index is -0.787. The fourth-order valence-electron chi connectivity index (χ4n) is 8.63. The fourth-order valence-corrected chi connectivity index (χ4v) is 8.63. The summed E-state index contributed by atoms with van der Waals surface area (Å²) >= 11 is 0. The Bertz CT molecular complexity index is 1380. The van der Waals surface area contributed by atoms with Crippen LogP contribution in [0.5, 0.6) is 0 Å². The molecule has 0 fully saturated rings. The molecule has 0 spiro atoms. The lowest BCUT2D eigenvalue weighted by Crippen LogP contribution is -2.30. The molecule has 0 N–H and O–H groups in total. The standard InChI is InChI=1S/C66H114O6/c1-4-7-10-13-16-19-22-25-28-30-32-33-34-36-38-41-44-47-50-53-56-59-65(68)71-62-63(61-70-64(67)58-55-52-49-46-43-40-37-27-24-21-18-15-12-9-6-3)72-66(69)60-57-54-51-48-45-42-39-35-31-29-26-23-20-17-14-11-8-5-2/h7,9-10,12,16,18-19,21,25,27-28,32-33,37,63H,4-6,8,11,13-15,17,20,22-24,26,29-31,34-36,38-62H2,1-3H3/b10-7-,12-9-,19-16-,21-18-,28-25-,33-32-,37-27-. The van der Waals surface area contributed by atoms with Gasteiger partial charge in [0.25, 0.3) is 0 Å². The predicted octanol–water partition coefficient (Wildman–Crippen LogP) is 20.7. The molecule has 0 aromatic carbocycles. The first-order valence-electron chi connectivity index (χ1n) is 30.6. The van der Waals surface area contributed by atoms with Gasteiger partial charge in [-0.2, -0.15) is 0 Å². The molecule has 0 saturated heterocycles. The van der Waals surface area contributed by atoms with E-state index in [4.69, 9.17) is 14.2 Å². The van der Waals surface area contributed by atoms with E-state index in [1.165, 1.54) is 128 Å². The third-order valence-electron chi connectivity index (χ3n) is 13.1. The normalized spacial score (nSPS) is 12.7. The smallest absolute Gasteiger partial charge is 0.306 e. The van der Waals surface area contributed by atoms with Crippen molar-refractivity contribution in [1.82, 2.24) is 0 Å². The highest BCUT2D eigenvalue weighted by molar-refractivity contribution is 5.71. The van der Waals surface area contributed by atoms with Crippen LogP contribution in [0.3, 0.4) is 0 Å². The van der Waals surface area contributed by atoms with Gasteiger partial charge in [-0.05, 0) is 89.9 Å². The first kappa shape index (κ1) is 68.6. The van der Waals surface area contributed by atoms with Crippen molar-refractivity contribution in [3.63, 3.8) is 0 Å². The van der Waals surface area contributed by atoms with Crippen LogP contribution in [-0.2, 0) is 28.6 Å². The fraction of sp³-hybridized carbons (Fsp3) is 0.742. The monoisotopic (exact) mass is 1000 g/mol. The summed E-state index contributed by atoms with van der Waals surface area (Å²) in [5.74, 6) is -0.896. The van der Waals surface area contributed by atoms with Crippen LogP contribution in [0, 0.1) is 0 Å². The SMILES string of the molecule is CC/C=C\C/C=C\C/C=C\C/C=C\CCCCCCCCCCC(=O)OCC(COC(=O)CCCCCCC/C=C\C/C=C\C/C=C\CC)OC(=O)CCCCCCCCCCCCCCCCCCCC. The van der Waals surface area contributed by atoms with Crippen molar-refractivity contribution >= 4 is 17.9 Å². The van der Waals surface area contributed by atoms with E-state index in [9.17, 15) is 14.4 Å². The quantitative estimate of drug-likeness (QED) is 0.0261. The Morgan fingerprint density at radius 1 is 0.292 bits per heavy atom. The second-order valence-electron chi connectivity index (χ2n) is 20.2. The van der Waals surface area contributed by atoms with E-state index in [0.29, 0.717) is 19.3 Å². The maximum Gasteiger partial charge on any atom is 0.306 e. The van der Waals surface area contributed by atoms with Crippen LogP contribution in [0.15, 0.2) is 85.1 Å². The summed E-state index contributed by atoms with van der Waals surface area (Å²) in [6.45, 7) is 6.43. The van der Waals surface area contributed by atoms with E-state index in [0.717, 1.165) is 128 Å². The van der Waals surface area contributed by atoms with Crippen LogP contribution in [0.25, 0.3) is 0 Å². The Balaban J connectivity index is 4.38. The lowest BCUT2D eigenvalue weighted by molar-refractivity contribution is -0.167. The molecular formula is C66H114O6. The second-order valence-corrected chi connectivity index (χ2v) is 20.2. The maximum absolute atomic E-state index is 12.9. The van der Waals surface area contributed by atoms with Gasteiger partial charge >= 0.3 is 17.9 Å². The number of ether oxygens (including phenoxy) is 3. The van der Waals surface area contributed by atoms with Crippen molar-refractivity contribution < 1.29 is 28.6 Å². The first-order valence-corrected chi connectivity index (χ1v) is 30.6. The topological polar surface area (TPSA) is 78.9 Å². The molecular weight excluding hydrogens is 889 g/mol. The maximum atomic E-state index is 12.9. The molecule has 0 aliphatic rings. The van der Waals surface area contributed by atoms with Crippen LogP contribution in [-0.4, -0.2) is 37.2 Å². The molecule has 0 heterocycles. The average Bonchev–Trinajstić information content (AvgIpc) is 3.38. The van der Waals surface area contributed by atoms with E-state index in [1.54, 1.807) is 0 Å². The van der Waals surface area contributed by atoms with Gasteiger partial charge in [0, 0.05) is 19.3 Å². The molecule has 72 heavy (non-hydrogen) atoms. The number of carbonyl (C=O) groups is 3. The highest BCUT2D eigenvalue weighted by atomic mass is 16.6. The zero-order valence-corrected chi connectivity index (χ0v) is 47.4. The van der Waals surface area contributed by atoms with Gasteiger partial charge in [0.2, 0.25) is 0 Å². The van der Waals surface area contributed by atoms with E-state index < -0.39 is 6.10 Å². The summed E-state index contributed by atoms with van der Waals surface area (Å²) in [6, 6.07) is 0. The third kappa shape index (κ3) is 57.5. The Morgan fingerprint density at radius 2 is 0.542 bits per heavy atom. The molecule has 1 atom stereocenters. The number of hydrogen-bond acceptors (Lipinski definition) is 6. The minimum absolute atomic E-state index is 0.0844. The molecule has 0 radical (unpaired) electrons. The zero-order valence-electron chi connectivity index (χ0n) is 47.4. The molecule has 0 aliphatic heterocycles. The van der Waals surface area contributed by atoms with Crippen LogP contribution < -0.4 is 0 Å². The van der Waals surface area contributed by atoms with Gasteiger partial charge in [-0.25, -0.2) is 0 Å². The zero-order chi connectivity index (χ0) is 52.2. The van der Waals surface area contributed by atoms with Gasteiger partial charge in [-0.1, -0.05) is 273 Å². The Labute approximate surface area is 445 Å². The average molecular weight is 1000 g/mol. The second kappa shape index (κ2) is 60.1. The Morgan fingerprint density at radius 3 is 0.847 bits per heavy atom. The van der Waals surface area contributed by atoms with Gasteiger partial charge in [0.15, 0.2) is 6.10 Å². The molecule has 0 aromatic rings. The van der Waals surface area contributed by atoms with E-state index >= 15 is 0 Å². The predicted molar refractivity (Wildman–Crippen MR) is 311 cm³/mol. The first-order chi connectivity index (χ1) is 35.5. The summed E-state index contributed by atoms with van der Waals surface area (Å²) < 4.78 is 16.9. The summed E-state index contributed by atoms with van der Waals surface area (Å²) in [4.78, 5) is 38.3. The lowest BCUT2D eigenvalue weighted by Gasteiger charge is -2.18. The number of rotatable bonds is 55. The van der Waals surface area contributed by atoms with Crippen LogP contribution in [0.1, 0.15) is 297 Å². The molecule has 6 heteroatoms.